The lowest BCUT2D eigenvalue weighted by Gasteiger charge is -2.53. The summed E-state index contributed by atoms with van der Waals surface area (Å²) in [5.41, 5.74) is -4.91. The van der Waals surface area contributed by atoms with Crippen LogP contribution in [0.3, 0.4) is 0 Å². The van der Waals surface area contributed by atoms with Crippen molar-refractivity contribution >= 4 is 35.0 Å². The molecule has 0 radical (unpaired) electrons. The maximum atomic E-state index is 14.2. The number of ketones is 1. The maximum Gasteiger partial charge on any atom is 0.340 e. The van der Waals surface area contributed by atoms with E-state index in [1.807, 2.05) is 13.8 Å². The lowest BCUT2D eigenvalue weighted by molar-refractivity contribution is -0.225. The topological polar surface area (TPSA) is 171 Å². The molecule has 11 heteroatoms. The quantitative estimate of drug-likeness (QED) is 0.228. The molecule has 1 amide bonds. The van der Waals surface area contributed by atoms with E-state index in [0.717, 1.165) is 0 Å². The molecule has 2 aromatic carbocycles. The van der Waals surface area contributed by atoms with Gasteiger partial charge in [-0.15, -0.1) is 0 Å². The number of esters is 2. The molecule has 48 heavy (non-hydrogen) atoms. The Morgan fingerprint density at radius 3 is 2.15 bits per heavy atom. The average Bonchev–Trinajstić information content (AvgIpc) is 3.44. The monoisotopic (exact) mass is 658 g/mol. The Morgan fingerprint density at radius 1 is 0.917 bits per heavy atom. The molecule has 0 spiro atoms. The first-order valence-electron chi connectivity index (χ1n) is 16.1. The SMILES string of the molecule is CNc1ccccc1C(=O)Nc1ccccc1C(=O)O[C@@H]1[C@@H](C)[C@]2(O)[C@@H]3C=C(C)C(=O)[C@@]3(O)[C@H](O)C(C)=C[C@H]2[C@@H]2C(C)(C)[C@]12OC(C)=O. The minimum absolute atomic E-state index is 0.0254. The number of rotatable bonds is 6. The second-order valence-electron chi connectivity index (χ2n) is 14.2. The van der Waals surface area contributed by atoms with Crippen LogP contribution in [0.4, 0.5) is 11.4 Å². The molecule has 4 aliphatic carbocycles. The third kappa shape index (κ3) is 4.37. The standard InChI is InChI=1S/C37H42N2O9/c1-18-16-24-28-34(5,6)37(28,48-21(4)40)31(20(3)35(24,45)27-17-19(2)30(42)36(27,46)29(18)41)47-33(44)23-13-9-11-15-26(23)39-32(43)22-12-8-10-14-25(22)38-7/h8-17,20,24,27-29,31,38,41,45-46H,1-7H3,(H,39,43)/t20-,24+,27+,28-,29-,31-,35-,36+,37-/m1/s1. The summed E-state index contributed by atoms with van der Waals surface area (Å²) in [5, 5.41) is 42.0. The van der Waals surface area contributed by atoms with Crippen LogP contribution in [0.25, 0.3) is 0 Å². The van der Waals surface area contributed by atoms with Gasteiger partial charge in [0.25, 0.3) is 5.91 Å². The van der Waals surface area contributed by atoms with E-state index in [9.17, 15) is 34.5 Å². The van der Waals surface area contributed by atoms with Gasteiger partial charge < -0.3 is 35.4 Å². The van der Waals surface area contributed by atoms with E-state index in [4.69, 9.17) is 9.47 Å². The van der Waals surface area contributed by atoms with Crippen molar-refractivity contribution in [1.29, 1.82) is 0 Å². The molecule has 4 aliphatic rings. The van der Waals surface area contributed by atoms with E-state index < -0.39 is 81.7 Å². The maximum absolute atomic E-state index is 14.2. The summed E-state index contributed by atoms with van der Waals surface area (Å²) >= 11 is 0. The molecular weight excluding hydrogens is 616 g/mol. The summed E-state index contributed by atoms with van der Waals surface area (Å²) in [6, 6.07) is 13.2. The molecule has 0 bridgehead atoms. The molecule has 9 atom stereocenters. The normalized spacial score (nSPS) is 35.8. The Labute approximate surface area is 279 Å². The Morgan fingerprint density at radius 2 is 1.52 bits per heavy atom. The van der Waals surface area contributed by atoms with Gasteiger partial charge >= 0.3 is 11.9 Å². The van der Waals surface area contributed by atoms with Gasteiger partial charge in [0, 0.05) is 48.7 Å². The number of para-hydroxylation sites is 2. The minimum Gasteiger partial charge on any atom is -0.454 e. The number of carbonyl (C=O) groups is 4. The average molecular weight is 659 g/mol. The Bertz CT molecular complexity index is 1800. The first kappa shape index (κ1) is 33.6. The van der Waals surface area contributed by atoms with Gasteiger partial charge in [-0.05, 0) is 49.3 Å². The lowest BCUT2D eigenvalue weighted by Crippen LogP contribution is -2.67. The number of hydrogen-bond acceptors (Lipinski definition) is 10. The predicted octanol–water partition coefficient (Wildman–Crippen LogP) is 3.66. The van der Waals surface area contributed by atoms with Gasteiger partial charge in [0.15, 0.2) is 17.0 Å². The summed E-state index contributed by atoms with van der Waals surface area (Å²) in [4.78, 5) is 53.6. The van der Waals surface area contributed by atoms with Gasteiger partial charge in [0.2, 0.25) is 0 Å². The zero-order chi connectivity index (χ0) is 35.1. The summed E-state index contributed by atoms with van der Waals surface area (Å²) in [6.45, 7) is 9.71. The number of benzene rings is 2. The van der Waals surface area contributed by atoms with Gasteiger partial charge in [0.1, 0.15) is 12.2 Å². The fourth-order valence-corrected chi connectivity index (χ4v) is 9.09. The van der Waals surface area contributed by atoms with Crippen molar-refractivity contribution in [1.82, 2.24) is 0 Å². The highest BCUT2D eigenvalue weighted by atomic mass is 16.6. The number of anilines is 2. The molecule has 11 nitrogen and oxygen atoms in total. The summed E-state index contributed by atoms with van der Waals surface area (Å²) in [7, 11) is 1.69. The number of aliphatic hydroxyl groups is 3. The number of amides is 1. The van der Waals surface area contributed by atoms with Crippen LogP contribution in [-0.4, -0.2) is 75.0 Å². The third-order valence-electron chi connectivity index (χ3n) is 11.4. The second kappa shape index (κ2) is 11.1. The van der Waals surface area contributed by atoms with Crippen molar-refractivity contribution in [2.45, 2.75) is 70.6 Å². The zero-order valence-corrected chi connectivity index (χ0v) is 28.0. The Kier molecular flexibility index (Phi) is 7.77. The first-order chi connectivity index (χ1) is 22.5. The highest BCUT2D eigenvalue weighted by Gasteiger charge is 2.88. The number of nitrogens with one attached hydrogen (secondary N) is 2. The molecular formula is C37H42N2O9. The van der Waals surface area contributed by atoms with E-state index in [1.165, 1.54) is 26.0 Å². The Balaban J connectivity index is 1.43. The molecule has 2 fully saturated rings. The number of ether oxygens (including phenoxy) is 2. The van der Waals surface area contributed by atoms with Crippen LogP contribution in [0.15, 0.2) is 71.8 Å². The van der Waals surface area contributed by atoms with Gasteiger partial charge in [-0.1, -0.05) is 57.2 Å². The zero-order valence-electron chi connectivity index (χ0n) is 28.0. The van der Waals surface area contributed by atoms with E-state index in [2.05, 4.69) is 10.6 Å². The van der Waals surface area contributed by atoms with Crippen molar-refractivity contribution in [3.63, 3.8) is 0 Å². The summed E-state index contributed by atoms with van der Waals surface area (Å²) < 4.78 is 12.4. The second-order valence-corrected chi connectivity index (χ2v) is 14.2. The minimum atomic E-state index is -2.36. The number of aliphatic hydroxyl groups excluding tert-OH is 1. The molecule has 0 saturated heterocycles. The van der Waals surface area contributed by atoms with Gasteiger partial charge in [-0.25, -0.2) is 4.79 Å². The van der Waals surface area contributed by atoms with Crippen LogP contribution in [0, 0.1) is 29.1 Å². The fraction of sp³-hybridized carbons (Fsp3) is 0.459. The number of fused-ring (bicyclic) bond motifs is 5. The molecule has 2 aromatic rings. The number of carbonyl (C=O) groups excluding carboxylic acids is 4. The van der Waals surface area contributed by atoms with Crippen LogP contribution in [0.5, 0.6) is 0 Å². The van der Waals surface area contributed by atoms with Crippen LogP contribution in [-0.2, 0) is 19.1 Å². The van der Waals surface area contributed by atoms with Crippen molar-refractivity contribution in [2.24, 2.45) is 29.1 Å². The Hall–Kier alpha value is -4.32. The fourth-order valence-electron chi connectivity index (χ4n) is 9.09. The van der Waals surface area contributed by atoms with Crippen LogP contribution in [0.2, 0.25) is 0 Å². The molecule has 6 rings (SSSR count). The molecule has 0 heterocycles. The summed E-state index contributed by atoms with van der Waals surface area (Å²) in [5.74, 6) is -6.35. The molecule has 0 unspecified atom stereocenters. The van der Waals surface area contributed by atoms with E-state index in [-0.39, 0.29) is 16.8 Å². The van der Waals surface area contributed by atoms with Gasteiger partial charge in [0.05, 0.1) is 22.4 Å². The van der Waals surface area contributed by atoms with Crippen molar-refractivity contribution in [3.05, 3.63) is 83.0 Å². The number of Topliss-reactive ketones (excluding diaryl/α,β-unsaturated/α-hetero) is 1. The van der Waals surface area contributed by atoms with Crippen LogP contribution >= 0.6 is 0 Å². The number of hydrogen-bond donors (Lipinski definition) is 5. The van der Waals surface area contributed by atoms with Crippen molar-refractivity contribution < 1.29 is 44.0 Å². The highest BCUT2D eigenvalue weighted by molar-refractivity contribution is 6.10. The van der Waals surface area contributed by atoms with Crippen LogP contribution < -0.4 is 10.6 Å². The predicted molar refractivity (Wildman–Crippen MR) is 176 cm³/mol. The molecule has 254 valence electrons. The largest absolute Gasteiger partial charge is 0.454 e. The molecule has 0 aromatic heterocycles. The van der Waals surface area contributed by atoms with E-state index in [0.29, 0.717) is 16.8 Å². The highest BCUT2D eigenvalue weighted by Crippen LogP contribution is 2.77. The molecule has 2 saturated carbocycles. The first-order valence-corrected chi connectivity index (χ1v) is 16.1. The molecule has 0 aliphatic heterocycles. The van der Waals surface area contributed by atoms with E-state index >= 15 is 0 Å². The van der Waals surface area contributed by atoms with Gasteiger partial charge in [-0.3, -0.25) is 14.4 Å². The van der Waals surface area contributed by atoms with E-state index in [1.54, 1.807) is 69.4 Å². The van der Waals surface area contributed by atoms with Crippen molar-refractivity contribution in [3.8, 4) is 0 Å². The molecule has 5 N–H and O–H groups in total. The lowest BCUT2D eigenvalue weighted by atomic mass is 9.58. The third-order valence-corrected chi connectivity index (χ3v) is 11.4. The van der Waals surface area contributed by atoms with Crippen molar-refractivity contribution in [2.75, 3.05) is 17.7 Å². The smallest absolute Gasteiger partial charge is 0.340 e. The van der Waals surface area contributed by atoms with Gasteiger partial charge in [-0.2, -0.15) is 0 Å². The summed E-state index contributed by atoms with van der Waals surface area (Å²) in [6.07, 6.45) is 0.279. The van der Waals surface area contributed by atoms with Crippen LogP contribution in [0.1, 0.15) is 62.3 Å².